The summed E-state index contributed by atoms with van der Waals surface area (Å²) in [6.45, 7) is 13.8. The molecular formula is C10H25AlN2. The van der Waals surface area contributed by atoms with Gasteiger partial charge in [0.2, 0.25) is 16.3 Å². The topological polar surface area (TPSA) is 6.48 Å². The lowest BCUT2D eigenvalue weighted by Gasteiger charge is -2.37. The maximum absolute atomic E-state index is 2.57. The van der Waals surface area contributed by atoms with Crippen molar-refractivity contribution in [1.29, 1.82) is 0 Å². The van der Waals surface area contributed by atoms with Gasteiger partial charge in [0.05, 0.1) is 0 Å². The van der Waals surface area contributed by atoms with Crippen molar-refractivity contribution in [2.24, 2.45) is 0 Å². The van der Waals surface area contributed by atoms with Gasteiger partial charge < -0.3 is 0 Å². The van der Waals surface area contributed by atoms with Crippen molar-refractivity contribution >= 4 is 16.3 Å². The highest BCUT2D eigenvalue weighted by atomic mass is 27.0. The van der Waals surface area contributed by atoms with Crippen LogP contribution in [0, 0.1) is 0 Å². The molecule has 0 aliphatic carbocycles. The molecule has 0 atom stereocenters. The summed E-state index contributed by atoms with van der Waals surface area (Å²) in [4.78, 5) is 5.14. The first-order valence-electron chi connectivity index (χ1n) is 5.73. The van der Waals surface area contributed by atoms with Crippen LogP contribution in [0.15, 0.2) is 0 Å². The van der Waals surface area contributed by atoms with Crippen molar-refractivity contribution in [3.63, 3.8) is 0 Å². The molecule has 0 spiro atoms. The van der Waals surface area contributed by atoms with E-state index >= 15 is 0 Å². The molecule has 0 fully saturated rings. The molecule has 0 saturated carbocycles. The predicted octanol–water partition coefficient (Wildman–Crippen LogP) is 1.05. The molecule has 0 rings (SSSR count). The maximum Gasteiger partial charge on any atom is 0.216 e. The van der Waals surface area contributed by atoms with Crippen molar-refractivity contribution < 1.29 is 0 Å². The van der Waals surface area contributed by atoms with Gasteiger partial charge in [-0.25, -0.2) is 0 Å². The molecule has 0 N–H and O–H groups in total. The fraction of sp³-hybridized carbons (Fsp3) is 1.00. The van der Waals surface area contributed by atoms with E-state index < -0.39 is 0 Å². The first-order chi connectivity index (χ1) is 6.24. The van der Waals surface area contributed by atoms with Crippen LogP contribution in [0.4, 0.5) is 0 Å². The van der Waals surface area contributed by atoms with E-state index in [1.807, 2.05) is 0 Å². The highest BCUT2D eigenvalue weighted by molar-refractivity contribution is 6.08. The van der Waals surface area contributed by atoms with Gasteiger partial charge in [-0.05, 0) is 26.2 Å². The number of nitrogens with zero attached hydrogens (tertiary/aromatic N) is 2. The zero-order chi connectivity index (χ0) is 10.3. The minimum Gasteiger partial charge on any atom is -0.290 e. The SMILES string of the molecule is CCN(CC)C([CH2][AlH2])N(CC)CC. The summed E-state index contributed by atoms with van der Waals surface area (Å²) in [5.74, 6) is 0. The van der Waals surface area contributed by atoms with Crippen LogP contribution in [0.25, 0.3) is 0 Å². The Morgan fingerprint density at radius 2 is 1.15 bits per heavy atom. The first-order valence-corrected chi connectivity index (χ1v) is 7.14. The molecule has 0 bridgehead atoms. The molecular weight excluding hydrogens is 175 g/mol. The molecule has 0 aliphatic rings. The average Bonchev–Trinajstić information content (AvgIpc) is 2.18. The summed E-state index contributed by atoms with van der Waals surface area (Å²) in [5, 5.41) is 1.36. The molecule has 2 nitrogen and oxygen atoms in total. The number of hydrogen-bond donors (Lipinski definition) is 0. The van der Waals surface area contributed by atoms with E-state index in [1.54, 1.807) is 0 Å². The van der Waals surface area contributed by atoms with Crippen molar-refractivity contribution in [3.05, 3.63) is 0 Å². The van der Waals surface area contributed by atoms with E-state index in [0.29, 0.717) is 6.17 Å². The Morgan fingerprint density at radius 3 is 1.31 bits per heavy atom. The van der Waals surface area contributed by atoms with Crippen LogP contribution in [0.5, 0.6) is 0 Å². The Kier molecular flexibility index (Phi) is 8.09. The van der Waals surface area contributed by atoms with E-state index in [4.69, 9.17) is 0 Å². The Labute approximate surface area is 91.7 Å². The molecule has 0 aromatic rings. The quantitative estimate of drug-likeness (QED) is 0.448. The molecule has 0 radical (unpaired) electrons. The third-order valence-corrected chi connectivity index (χ3v) is 3.56. The molecule has 0 aromatic heterocycles. The molecule has 0 amide bonds. The van der Waals surface area contributed by atoms with Gasteiger partial charge in [0.25, 0.3) is 0 Å². The monoisotopic (exact) mass is 200 g/mol. The van der Waals surface area contributed by atoms with E-state index in [-0.39, 0.29) is 0 Å². The highest BCUT2D eigenvalue weighted by Crippen LogP contribution is 2.08. The molecule has 78 valence electrons. The van der Waals surface area contributed by atoms with E-state index in [1.165, 1.54) is 47.8 Å². The van der Waals surface area contributed by atoms with Gasteiger partial charge in [0.15, 0.2) is 0 Å². The van der Waals surface area contributed by atoms with Crippen LogP contribution in [0.2, 0.25) is 5.28 Å². The average molecular weight is 200 g/mol. The Bertz CT molecular complexity index is 99.5. The van der Waals surface area contributed by atoms with Gasteiger partial charge in [0.1, 0.15) is 0 Å². The lowest BCUT2D eigenvalue weighted by molar-refractivity contribution is 0.0716. The van der Waals surface area contributed by atoms with Gasteiger partial charge in [-0.1, -0.05) is 33.0 Å². The standard InChI is InChI=1S/C10H23N2.Al.2H/c1-6-11(7-2)10(5)12(8-3)9-4;;;/h10H,5-9H2,1-4H3;;;. The van der Waals surface area contributed by atoms with Gasteiger partial charge in [-0.15, -0.1) is 0 Å². The van der Waals surface area contributed by atoms with Crippen LogP contribution in [0.1, 0.15) is 27.7 Å². The summed E-state index contributed by atoms with van der Waals surface area (Å²) < 4.78 is 0. The van der Waals surface area contributed by atoms with Gasteiger partial charge in [-0.2, -0.15) is 0 Å². The zero-order valence-electron chi connectivity index (χ0n) is 10.0. The third-order valence-electron chi connectivity index (χ3n) is 2.83. The zero-order valence-corrected chi connectivity index (χ0v) is 12.0. The van der Waals surface area contributed by atoms with E-state index in [0.717, 1.165) is 0 Å². The highest BCUT2D eigenvalue weighted by Gasteiger charge is 2.18. The lowest BCUT2D eigenvalue weighted by Crippen LogP contribution is -2.47. The maximum atomic E-state index is 2.57. The van der Waals surface area contributed by atoms with Crippen molar-refractivity contribution in [2.45, 2.75) is 39.1 Å². The normalized spacial score (nSPS) is 11.9. The van der Waals surface area contributed by atoms with Crippen molar-refractivity contribution in [2.75, 3.05) is 26.2 Å². The molecule has 0 heterocycles. The second-order valence-electron chi connectivity index (χ2n) is 3.33. The number of hydrogen-bond acceptors (Lipinski definition) is 2. The minimum atomic E-state index is 0.705. The predicted molar refractivity (Wildman–Crippen MR) is 63.0 cm³/mol. The van der Waals surface area contributed by atoms with Crippen LogP contribution in [-0.4, -0.2) is 58.4 Å². The van der Waals surface area contributed by atoms with Crippen molar-refractivity contribution in [1.82, 2.24) is 9.80 Å². The summed E-state index contributed by atoms with van der Waals surface area (Å²) in [6.07, 6.45) is 0.705. The second kappa shape index (κ2) is 7.82. The van der Waals surface area contributed by atoms with E-state index in [2.05, 4.69) is 37.5 Å². The first kappa shape index (κ1) is 13.5. The third kappa shape index (κ3) is 4.00. The van der Waals surface area contributed by atoms with Crippen LogP contribution in [-0.2, 0) is 0 Å². The molecule has 3 heteroatoms. The van der Waals surface area contributed by atoms with Crippen LogP contribution < -0.4 is 0 Å². The van der Waals surface area contributed by atoms with Gasteiger partial charge in [-0.3, -0.25) is 9.80 Å². The summed E-state index contributed by atoms with van der Waals surface area (Å²) in [7, 11) is 0. The summed E-state index contributed by atoms with van der Waals surface area (Å²) in [5.41, 5.74) is 0. The minimum absolute atomic E-state index is 0.705. The Balaban J connectivity index is 4.26. The lowest BCUT2D eigenvalue weighted by atomic mass is 10.3. The molecule has 0 aliphatic heterocycles. The molecule has 0 unspecified atom stereocenters. The summed E-state index contributed by atoms with van der Waals surface area (Å²) >= 11 is 1.30. The van der Waals surface area contributed by atoms with Crippen LogP contribution >= 0.6 is 0 Å². The molecule has 13 heavy (non-hydrogen) atoms. The summed E-state index contributed by atoms with van der Waals surface area (Å²) in [6, 6.07) is 0. The smallest absolute Gasteiger partial charge is 0.216 e. The van der Waals surface area contributed by atoms with Crippen LogP contribution in [0.3, 0.4) is 0 Å². The van der Waals surface area contributed by atoms with E-state index in [9.17, 15) is 0 Å². The fourth-order valence-corrected chi connectivity index (χ4v) is 3.07. The largest absolute Gasteiger partial charge is 0.290 e. The number of rotatable bonds is 7. The van der Waals surface area contributed by atoms with Crippen molar-refractivity contribution in [3.8, 4) is 0 Å². The van der Waals surface area contributed by atoms with Gasteiger partial charge in [0, 0.05) is 6.17 Å². The molecule has 0 aromatic carbocycles. The second-order valence-corrected chi connectivity index (χ2v) is 4.15. The fourth-order valence-electron chi connectivity index (χ4n) is 2.04. The van der Waals surface area contributed by atoms with Gasteiger partial charge >= 0.3 is 0 Å². The molecule has 0 saturated heterocycles. The Morgan fingerprint density at radius 1 is 0.846 bits per heavy atom. The Hall–Kier alpha value is 0.452.